The Bertz CT molecular complexity index is 745. The van der Waals surface area contributed by atoms with Gasteiger partial charge in [0.15, 0.2) is 0 Å². The van der Waals surface area contributed by atoms with Gasteiger partial charge in [-0.1, -0.05) is 23.7 Å². The van der Waals surface area contributed by atoms with Crippen LogP contribution in [0.25, 0.3) is 0 Å². The summed E-state index contributed by atoms with van der Waals surface area (Å²) in [4.78, 5) is 25.8. The first-order chi connectivity index (χ1) is 11.4. The molecule has 24 heavy (non-hydrogen) atoms. The molecule has 5 nitrogen and oxygen atoms in total. The Kier molecular flexibility index (Phi) is 5.76. The highest BCUT2D eigenvalue weighted by atomic mass is 35.5. The van der Waals surface area contributed by atoms with E-state index in [4.69, 9.17) is 11.6 Å². The average molecular weight is 350 g/mol. The van der Waals surface area contributed by atoms with Crippen LogP contribution in [0.1, 0.15) is 15.9 Å². The van der Waals surface area contributed by atoms with Crippen LogP contribution in [-0.2, 0) is 11.2 Å². The van der Waals surface area contributed by atoms with E-state index in [1.807, 2.05) is 25.1 Å². The summed E-state index contributed by atoms with van der Waals surface area (Å²) in [7, 11) is 3.72. The first-order valence-electron chi connectivity index (χ1n) is 7.18. The number of nitrogens with one attached hydrogen (secondary N) is 2. The molecule has 0 heterocycles. The van der Waals surface area contributed by atoms with Gasteiger partial charge in [-0.25, -0.2) is 4.39 Å². The van der Waals surface area contributed by atoms with E-state index in [2.05, 4.69) is 10.9 Å². The number of amides is 2. The molecule has 0 fully saturated rings. The Morgan fingerprint density at radius 1 is 1.12 bits per heavy atom. The van der Waals surface area contributed by atoms with E-state index >= 15 is 0 Å². The summed E-state index contributed by atoms with van der Waals surface area (Å²) in [6.07, 6.45) is -0.274. The molecule has 2 aromatic carbocycles. The van der Waals surface area contributed by atoms with Crippen molar-refractivity contribution in [1.82, 2.24) is 10.9 Å². The highest BCUT2D eigenvalue weighted by molar-refractivity contribution is 6.31. The standard InChI is InChI=1S/C17H17ClFN3O2/c1-22(2)12-6-3-5-11(9-12)17(24)21-20-16(23)10-13-14(18)7-4-8-15(13)19/h3-9H,10H2,1-2H3,(H,20,23)(H,21,24). The second-order valence-electron chi connectivity index (χ2n) is 5.32. The molecule has 0 aromatic heterocycles. The van der Waals surface area contributed by atoms with Gasteiger partial charge in [0.2, 0.25) is 5.91 Å². The van der Waals surface area contributed by atoms with Crippen molar-refractivity contribution in [3.8, 4) is 0 Å². The van der Waals surface area contributed by atoms with Crippen LogP contribution < -0.4 is 15.8 Å². The van der Waals surface area contributed by atoms with Crippen LogP contribution in [0.4, 0.5) is 10.1 Å². The van der Waals surface area contributed by atoms with Crippen molar-refractivity contribution in [3.05, 3.63) is 64.4 Å². The summed E-state index contributed by atoms with van der Waals surface area (Å²) in [6.45, 7) is 0. The lowest BCUT2D eigenvalue weighted by atomic mass is 10.1. The monoisotopic (exact) mass is 349 g/mol. The number of halogens is 2. The number of hydrazine groups is 1. The number of hydrogen-bond donors (Lipinski definition) is 2. The predicted molar refractivity (Wildman–Crippen MR) is 91.5 cm³/mol. The van der Waals surface area contributed by atoms with Crippen molar-refractivity contribution in [1.29, 1.82) is 0 Å². The molecule has 0 radical (unpaired) electrons. The molecule has 0 bridgehead atoms. The minimum Gasteiger partial charge on any atom is -0.378 e. The SMILES string of the molecule is CN(C)c1cccc(C(=O)NNC(=O)Cc2c(F)cccc2Cl)c1. The van der Waals surface area contributed by atoms with Gasteiger partial charge < -0.3 is 4.90 Å². The molecule has 0 saturated carbocycles. The van der Waals surface area contributed by atoms with Gasteiger partial charge in [-0.15, -0.1) is 0 Å². The van der Waals surface area contributed by atoms with Crippen molar-refractivity contribution >= 4 is 29.1 Å². The summed E-state index contributed by atoms with van der Waals surface area (Å²) in [5.74, 6) is -1.60. The zero-order valence-electron chi connectivity index (χ0n) is 13.3. The minimum absolute atomic E-state index is 0.0838. The van der Waals surface area contributed by atoms with Crippen molar-refractivity contribution < 1.29 is 14.0 Å². The number of hydrogen-bond acceptors (Lipinski definition) is 3. The predicted octanol–water partition coefficient (Wildman–Crippen LogP) is 2.55. The van der Waals surface area contributed by atoms with Crippen LogP contribution in [0.5, 0.6) is 0 Å². The zero-order valence-corrected chi connectivity index (χ0v) is 14.0. The summed E-state index contributed by atoms with van der Waals surface area (Å²) in [6, 6.07) is 11.1. The maximum atomic E-state index is 13.6. The topological polar surface area (TPSA) is 61.4 Å². The van der Waals surface area contributed by atoms with Crippen molar-refractivity contribution in [3.63, 3.8) is 0 Å². The summed E-state index contributed by atoms with van der Waals surface area (Å²) in [5, 5.41) is 0.162. The molecule has 0 atom stereocenters. The molecular weight excluding hydrogens is 333 g/mol. The molecule has 0 aliphatic heterocycles. The van der Waals surface area contributed by atoms with Gasteiger partial charge >= 0.3 is 0 Å². The maximum absolute atomic E-state index is 13.6. The fourth-order valence-electron chi connectivity index (χ4n) is 2.03. The van der Waals surface area contributed by atoms with Gasteiger partial charge in [-0.05, 0) is 30.3 Å². The molecule has 0 saturated heterocycles. The largest absolute Gasteiger partial charge is 0.378 e. The molecule has 2 amide bonds. The van der Waals surface area contributed by atoms with Crippen LogP contribution in [0.2, 0.25) is 5.02 Å². The highest BCUT2D eigenvalue weighted by Crippen LogP contribution is 2.19. The maximum Gasteiger partial charge on any atom is 0.269 e. The second kappa shape index (κ2) is 7.79. The first-order valence-corrected chi connectivity index (χ1v) is 7.55. The second-order valence-corrected chi connectivity index (χ2v) is 5.73. The van der Waals surface area contributed by atoms with Gasteiger partial charge in [-0.2, -0.15) is 0 Å². The molecule has 2 rings (SSSR count). The van der Waals surface area contributed by atoms with E-state index in [9.17, 15) is 14.0 Å². The fourth-order valence-corrected chi connectivity index (χ4v) is 2.26. The third-order valence-electron chi connectivity index (χ3n) is 3.34. The Morgan fingerprint density at radius 3 is 2.50 bits per heavy atom. The van der Waals surface area contributed by atoms with E-state index in [0.717, 1.165) is 5.69 Å². The van der Waals surface area contributed by atoms with Crippen LogP contribution >= 0.6 is 11.6 Å². The number of anilines is 1. The average Bonchev–Trinajstić information content (AvgIpc) is 2.56. The zero-order chi connectivity index (χ0) is 17.7. The minimum atomic E-state index is -0.570. The Balaban J connectivity index is 1.96. The summed E-state index contributed by atoms with van der Waals surface area (Å²) < 4.78 is 13.6. The normalized spacial score (nSPS) is 10.2. The van der Waals surface area contributed by atoms with Crippen LogP contribution in [0, 0.1) is 5.82 Å². The Labute approximate surface area is 144 Å². The van der Waals surface area contributed by atoms with Crippen LogP contribution in [0.3, 0.4) is 0 Å². The highest BCUT2D eigenvalue weighted by Gasteiger charge is 2.13. The van der Waals surface area contributed by atoms with E-state index in [1.54, 1.807) is 18.2 Å². The molecule has 0 aliphatic rings. The van der Waals surface area contributed by atoms with Crippen LogP contribution in [0.15, 0.2) is 42.5 Å². The van der Waals surface area contributed by atoms with Gasteiger partial charge in [0.1, 0.15) is 5.82 Å². The van der Waals surface area contributed by atoms with Gasteiger partial charge in [0.25, 0.3) is 5.91 Å². The third-order valence-corrected chi connectivity index (χ3v) is 3.69. The first kappa shape index (κ1) is 17.7. The van der Waals surface area contributed by atoms with Gasteiger partial charge in [-0.3, -0.25) is 20.4 Å². The molecule has 2 aromatic rings. The van der Waals surface area contributed by atoms with Gasteiger partial charge in [0.05, 0.1) is 6.42 Å². The fraction of sp³-hybridized carbons (Fsp3) is 0.176. The van der Waals surface area contributed by atoms with Crippen molar-refractivity contribution in [2.45, 2.75) is 6.42 Å². The quantitative estimate of drug-likeness (QED) is 0.834. The van der Waals surface area contributed by atoms with E-state index in [1.165, 1.54) is 18.2 Å². The Hall–Kier alpha value is -2.60. The summed E-state index contributed by atoms with van der Waals surface area (Å²) >= 11 is 5.87. The lowest BCUT2D eigenvalue weighted by molar-refractivity contribution is -0.121. The summed E-state index contributed by atoms with van der Waals surface area (Å²) in [5.41, 5.74) is 5.89. The molecular formula is C17H17ClFN3O2. The third kappa shape index (κ3) is 4.45. The van der Waals surface area contributed by atoms with E-state index < -0.39 is 17.6 Å². The van der Waals surface area contributed by atoms with Crippen molar-refractivity contribution in [2.75, 3.05) is 19.0 Å². The number of nitrogens with zero attached hydrogens (tertiary/aromatic N) is 1. The Morgan fingerprint density at radius 2 is 1.83 bits per heavy atom. The molecule has 126 valence electrons. The van der Waals surface area contributed by atoms with Crippen molar-refractivity contribution in [2.24, 2.45) is 0 Å². The molecule has 0 spiro atoms. The van der Waals surface area contributed by atoms with Crippen LogP contribution in [-0.4, -0.2) is 25.9 Å². The van der Waals surface area contributed by atoms with Gasteiger partial charge in [0, 0.05) is 35.9 Å². The number of benzene rings is 2. The molecule has 0 unspecified atom stereocenters. The molecule has 0 aliphatic carbocycles. The number of rotatable bonds is 4. The molecule has 7 heteroatoms. The lowest BCUT2D eigenvalue weighted by Crippen LogP contribution is -2.42. The smallest absolute Gasteiger partial charge is 0.269 e. The molecule has 2 N–H and O–H groups in total. The number of carbonyl (C=O) groups is 2. The van der Waals surface area contributed by atoms with E-state index in [0.29, 0.717) is 5.56 Å². The van der Waals surface area contributed by atoms with E-state index in [-0.39, 0.29) is 17.0 Å². The number of carbonyl (C=O) groups excluding carboxylic acids is 2. The lowest BCUT2D eigenvalue weighted by Gasteiger charge is -2.14.